The minimum Gasteiger partial charge on any atom is -0.384 e. The Morgan fingerprint density at radius 2 is 1.94 bits per heavy atom. The van der Waals surface area contributed by atoms with Crippen LogP contribution in [0.3, 0.4) is 0 Å². The topological polar surface area (TPSA) is 24.1 Å². The predicted octanol–water partition coefficient (Wildman–Crippen LogP) is 3.50. The van der Waals surface area contributed by atoms with E-state index in [0.29, 0.717) is 12.0 Å². The molecular weight excluding hydrogens is 264 g/mol. The molecule has 0 amide bonds. The normalized spacial score (nSPS) is 12.8. The molecule has 0 aliphatic rings. The second kappa shape index (κ2) is 6.92. The lowest BCUT2D eigenvalue weighted by Crippen LogP contribution is -2.34. The van der Waals surface area contributed by atoms with Crippen molar-refractivity contribution in [1.29, 1.82) is 0 Å². The molecule has 16 heavy (non-hydrogen) atoms. The summed E-state index contributed by atoms with van der Waals surface area (Å²) >= 11 is 3.46. The lowest BCUT2D eigenvalue weighted by atomic mass is 10.1. The molecule has 0 radical (unpaired) electrons. The van der Waals surface area contributed by atoms with Crippen molar-refractivity contribution in [1.82, 2.24) is 5.32 Å². The number of halogens is 1. The van der Waals surface area contributed by atoms with Crippen molar-refractivity contribution < 1.29 is 0 Å². The average molecular weight is 285 g/mol. The van der Waals surface area contributed by atoms with E-state index in [1.54, 1.807) is 0 Å². The van der Waals surface area contributed by atoms with Crippen LogP contribution >= 0.6 is 15.9 Å². The number of nitrogens with one attached hydrogen (secondary N) is 2. The quantitative estimate of drug-likeness (QED) is 0.782. The predicted molar refractivity (Wildman–Crippen MR) is 74.9 cm³/mol. The summed E-state index contributed by atoms with van der Waals surface area (Å²) in [7, 11) is 0. The molecule has 1 aromatic rings. The van der Waals surface area contributed by atoms with E-state index in [9.17, 15) is 0 Å². The summed E-state index contributed by atoms with van der Waals surface area (Å²) in [5.74, 6) is 0.686. The lowest BCUT2D eigenvalue weighted by molar-refractivity contribution is 0.434. The number of anilines is 1. The first kappa shape index (κ1) is 13.5. The van der Waals surface area contributed by atoms with Crippen molar-refractivity contribution in [3.8, 4) is 0 Å². The van der Waals surface area contributed by atoms with Gasteiger partial charge in [0.05, 0.1) is 0 Å². The van der Waals surface area contributed by atoms with E-state index in [0.717, 1.165) is 23.2 Å². The standard InChI is InChI=1S/C13H21BrN2/c1-10(2)11(3)15-7-8-16-13-6-4-5-12(14)9-13/h4-6,9-11,15-16H,7-8H2,1-3H3. The Morgan fingerprint density at radius 1 is 1.19 bits per heavy atom. The third-order valence-corrected chi connectivity index (χ3v) is 3.24. The van der Waals surface area contributed by atoms with Gasteiger partial charge >= 0.3 is 0 Å². The van der Waals surface area contributed by atoms with Crippen LogP contribution < -0.4 is 10.6 Å². The van der Waals surface area contributed by atoms with Gasteiger partial charge in [0.2, 0.25) is 0 Å². The van der Waals surface area contributed by atoms with Gasteiger partial charge in [-0.2, -0.15) is 0 Å². The van der Waals surface area contributed by atoms with E-state index in [1.807, 2.05) is 12.1 Å². The molecule has 0 saturated heterocycles. The SMILES string of the molecule is CC(C)C(C)NCCNc1cccc(Br)c1. The zero-order valence-corrected chi connectivity index (χ0v) is 11.8. The largest absolute Gasteiger partial charge is 0.384 e. The molecule has 1 atom stereocenters. The van der Waals surface area contributed by atoms with Crippen LogP contribution in [0.2, 0.25) is 0 Å². The monoisotopic (exact) mass is 284 g/mol. The van der Waals surface area contributed by atoms with Gasteiger partial charge in [0, 0.05) is 29.3 Å². The van der Waals surface area contributed by atoms with Crippen molar-refractivity contribution in [2.45, 2.75) is 26.8 Å². The van der Waals surface area contributed by atoms with Gasteiger partial charge in [-0.25, -0.2) is 0 Å². The Balaban J connectivity index is 2.21. The summed E-state index contributed by atoms with van der Waals surface area (Å²) in [5, 5.41) is 6.88. The molecule has 1 aromatic carbocycles. The molecule has 0 aliphatic carbocycles. The van der Waals surface area contributed by atoms with Crippen LogP contribution in [0, 0.1) is 5.92 Å². The fraction of sp³-hybridized carbons (Fsp3) is 0.538. The van der Waals surface area contributed by atoms with Gasteiger partial charge in [-0.15, -0.1) is 0 Å². The lowest BCUT2D eigenvalue weighted by Gasteiger charge is -2.17. The molecule has 0 aromatic heterocycles. The van der Waals surface area contributed by atoms with Crippen LogP contribution in [0.1, 0.15) is 20.8 Å². The van der Waals surface area contributed by atoms with Crippen LogP contribution in [0.4, 0.5) is 5.69 Å². The van der Waals surface area contributed by atoms with Crippen molar-refractivity contribution in [3.63, 3.8) is 0 Å². The van der Waals surface area contributed by atoms with Crippen molar-refractivity contribution in [2.75, 3.05) is 18.4 Å². The Morgan fingerprint density at radius 3 is 2.56 bits per heavy atom. The van der Waals surface area contributed by atoms with Crippen LogP contribution in [-0.4, -0.2) is 19.1 Å². The molecule has 0 bridgehead atoms. The van der Waals surface area contributed by atoms with E-state index in [-0.39, 0.29) is 0 Å². The molecule has 0 saturated carbocycles. The maximum absolute atomic E-state index is 3.49. The average Bonchev–Trinajstić information content (AvgIpc) is 2.24. The van der Waals surface area contributed by atoms with Gasteiger partial charge < -0.3 is 10.6 Å². The van der Waals surface area contributed by atoms with Gasteiger partial charge in [0.25, 0.3) is 0 Å². The maximum Gasteiger partial charge on any atom is 0.0351 e. The minimum atomic E-state index is 0.573. The third kappa shape index (κ3) is 4.99. The highest BCUT2D eigenvalue weighted by atomic mass is 79.9. The Bertz CT molecular complexity index is 313. The number of hydrogen-bond acceptors (Lipinski definition) is 2. The second-order valence-electron chi connectivity index (χ2n) is 4.42. The molecule has 2 N–H and O–H groups in total. The molecule has 0 heterocycles. The summed E-state index contributed by atoms with van der Waals surface area (Å²) in [6.07, 6.45) is 0. The van der Waals surface area contributed by atoms with Gasteiger partial charge in [-0.3, -0.25) is 0 Å². The third-order valence-electron chi connectivity index (χ3n) is 2.75. The van der Waals surface area contributed by atoms with E-state index in [4.69, 9.17) is 0 Å². The van der Waals surface area contributed by atoms with E-state index in [2.05, 4.69) is 59.5 Å². The van der Waals surface area contributed by atoms with Crippen molar-refractivity contribution >= 4 is 21.6 Å². The summed E-state index contributed by atoms with van der Waals surface area (Å²) in [6, 6.07) is 8.81. The zero-order valence-electron chi connectivity index (χ0n) is 10.3. The molecule has 3 heteroatoms. The first-order valence-corrected chi connectivity index (χ1v) is 6.61. The molecule has 0 fully saturated rings. The van der Waals surface area contributed by atoms with Gasteiger partial charge in [-0.05, 0) is 31.0 Å². The molecule has 2 nitrogen and oxygen atoms in total. The fourth-order valence-corrected chi connectivity index (χ4v) is 1.74. The number of rotatable bonds is 6. The smallest absolute Gasteiger partial charge is 0.0351 e. The van der Waals surface area contributed by atoms with Crippen LogP contribution in [0.15, 0.2) is 28.7 Å². The molecule has 1 unspecified atom stereocenters. The van der Waals surface area contributed by atoms with Gasteiger partial charge in [-0.1, -0.05) is 35.8 Å². The first-order chi connectivity index (χ1) is 7.59. The molecular formula is C13H21BrN2. The second-order valence-corrected chi connectivity index (χ2v) is 5.34. The summed E-state index contributed by atoms with van der Waals surface area (Å²) in [5.41, 5.74) is 1.16. The summed E-state index contributed by atoms with van der Waals surface area (Å²) in [4.78, 5) is 0. The minimum absolute atomic E-state index is 0.573. The van der Waals surface area contributed by atoms with Gasteiger partial charge in [0.1, 0.15) is 0 Å². The summed E-state index contributed by atoms with van der Waals surface area (Å²) < 4.78 is 1.11. The van der Waals surface area contributed by atoms with Crippen LogP contribution in [0.5, 0.6) is 0 Å². The van der Waals surface area contributed by atoms with E-state index >= 15 is 0 Å². The first-order valence-electron chi connectivity index (χ1n) is 5.82. The van der Waals surface area contributed by atoms with Crippen molar-refractivity contribution in [3.05, 3.63) is 28.7 Å². The molecule has 90 valence electrons. The molecule has 0 spiro atoms. The number of hydrogen-bond donors (Lipinski definition) is 2. The van der Waals surface area contributed by atoms with Crippen LogP contribution in [0.25, 0.3) is 0 Å². The Kier molecular flexibility index (Phi) is 5.85. The van der Waals surface area contributed by atoms with Crippen LogP contribution in [-0.2, 0) is 0 Å². The van der Waals surface area contributed by atoms with Gasteiger partial charge in [0.15, 0.2) is 0 Å². The Labute approximate surface area is 107 Å². The molecule has 0 aliphatic heterocycles. The highest BCUT2D eigenvalue weighted by Gasteiger charge is 2.04. The molecule has 1 rings (SSSR count). The summed E-state index contributed by atoms with van der Waals surface area (Å²) in [6.45, 7) is 8.64. The maximum atomic E-state index is 3.49. The van der Waals surface area contributed by atoms with Crippen molar-refractivity contribution in [2.24, 2.45) is 5.92 Å². The Hall–Kier alpha value is -0.540. The fourth-order valence-electron chi connectivity index (χ4n) is 1.34. The number of benzene rings is 1. The van der Waals surface area contributed by atoms with E-state index in [1.165, 1.54) is 0 Å². The zero-order chi connectivity index (χ0) is 12.0. The van der Waals surface area contributed by atoms with E-state index < -0.39 is 0 Å². The highest BCUT2D eigenvalue weighted by molar-refractivity contribution is 9.10. The highest BCUT2D eigenvalue weighted by Crippen LogP contribution is 2.15.